The van der Waals surface area contributed by atoms with Crippen molar-refractivity contribution < 1.29 is 4.57 Å². The normalized spacial score (nSPS) is 13.3. The smallest absolute Gasteiger partial charge is 0.171 e. The molecule has 0 fully saturated rings. The van der Waals surface area contributed by atoms with Crippen molar-refractivity contribution in [3.63, 3.8) is 0 Å². The molecule has 0 bridgehead atoms. The molecule has 9 heteroatoms. The highest BCUT2D eigenvalue weighted by Crippen LogP contribution is 2.65. The first-order valence-corrected chi connectivity index (χ1v) is 45.3. The molecule has 6 nitrogen and oxygen atoms in total. The second-order valence-corrected chi connectivity index (χ2v) is 37.2. The molecule has 124 heavy (non-hydrogen) atoms. The van der Waals surface area contributed by atoms with Crippen LogP contribution in [0.5, 0.6) is 0 Å². The fraction of sp³-hybridized carbons (Fsp3) is 0.0174. The predicted octanol–water partition coefficient (Wildman–Crippen LogP) is 27.9. The number of aromatic nitrogens is 5. The molecular weight excluding hydrogens is 1560 g/mol. The summed E-state index contributed by atoms with van der Waals surface area (Å²) in [6.45, 7) is 0. The zero-order valence-corrected chi connectivity index (χ0v) is 69.5. The predicted molar refractivity (Wildman–Crippen MR) is 512 cm³/mol. The number of benzene rings is 16. The van der Waals surface area contributed by atoms with Gasteiger partial charge in [0.25, 0.3) is 0 Å². The SMILES string of the molecule is O=P(c1ccccc1)(c1ccccc1)c1ccc(-c2ccc3nc(-c4ccccc4)c4cc5c(cc4c3c2)C2(c3ccccc3S5)c3ccccc3-c3ccccc32)cc1.c1ccc(-c2nc3ccc(-c4ccc(-c5cc(-c6ccccn6)nc(-c6ccccn6)c5)cc4)cc3c3cc4c(cc23)Sc2ccccc2C42c3ccccc3-c3ccccc32)cc1. The summed E-state index contributed by atoms with van der Waals surface area (Å²) < 4.78 is 15.2. The van der Waals surface area contributed by atoms with E-state index in [9.17, 15) is 0 Å². The van der Waals surface area contributed by atoms with E-state index in [1.54, 1.807) is 12.4 Å². The van der Waals surface area contributed by atoms with Crippen molar-refractivity contribution in [2.45, 2.75) is 30.4 Å². The molecule has 0 N–H and O–H groups in total. The van der Waals surface area contributed by atoms with Gasteiger partial charge in [-0.25, -0.2) is 15.0 Å². The molecule has 2 aliphatic carbocycles. The third-order valence-corrected chi connectivity index (χ3v) is 31.0. The first-order valence-electron chi connectivity index (χ1n) is 42.0. The minimum Gasteiger partial charge on any atom is -0.309 e. The summed E-state index contributed by atoms with van der Waals surface area (Å²) in [6, 6.07) is 152. The van der Waals surface area contributed by atoms with Gasteiger partial charge in [-0.15, -0.1) is 0 Å². The molecule has 7 heterocycles. The lowest BCUT2D eigenvalue weighted by Gasteiger charge is -2.40. The highest BCUT2D eigenvalue weighted by atomic mass is 32.2. The van der Waals surface area contributed by atoms with Gasteiger partial charge < -0.3 is 4.57 Å². The molecule has 25 rings (SSSR count). The van der Waals surface area contributed by atoms with Gasteiger partial charge in [0.05, 0.1) is 56.0 Å². The molecular formula is C115H72N5OPS2. The molecule has 580 valence electrons. The van der Waals surface area contributed by atoms with Gasteiger partial charge in [-0.1, -0.05) is 351 Å². The van der Waals surface area contributed by atoms with Gasteiger partial charge in [-0.05, 0) is 208 Å². The van der Waals surface area contributed by atoms with E-state index in [0.29, 0.717) is 0 Å². The van der Waals surface area contributed by atoms with E-state index in [1.165, 1.54) is 97.1 Å². The van der Waals surface area contributed by atoms with Crippen LogP contribution < -0.4 is 15.9 Å². The lowest BCUT2D eigenvalue weighted by molar-refractivity contribution is 0.592. The average molecular weight is 1630 g/mol. The average Bonchev–Trinajstić information content (AvgIpc) is 1.48. The van der Waals surface area contributed by atoms with Crippen LogP contribution in [-0.2, 0) is 15.4 Å². The Kier molecular flexibility index (Phi) is 17.4. The van der Waals surface area contributed by atoms with Crippen LogP contribution in [0.1, 0.15) is 44.5 Å². The zero-order chi connectivity index (χ0) is 82.0. The van der Waals surface area contributed by atoms with Crippen LogP contribution >= 0.6 is 30.7 Å². The van der Waals surface area contributed by atoms with Crippen molar-refractivity contribution >= 4 is 89.9 Å². The third-order valence-electron chi connectivity index (χ3n) is 25.7. The van der Waals surface area contributed by atoms with Crippen molar-refractivity contribution in [1.29, 1.82) is 0 Å². The molecule has 5 aromatic heterocycles. The van der Waals surface area contributed by atoms with Crippen molar-refractivity contribution in [3.05, 3.63) is 482 Å². The summed E-state index contributed by atoms with van der Waals surface area (Å²) in [6.07, 6.45) is 3.61. The number of rotatable bonds is 10. The van der Waals surface area contributed by atoms with Gasteiger partial charge >= 0.3 is 0 Å². The molecule has 0 saturated heterocycles. The summed E-state index contributed by atoms with van der Waals surface area (Å²) in [5.41, 5.74) is 30.7. The largest absolute Gasteiger partial charge is 0.309 e. The molecule has 0 atom stereocenters. The van der Waals surface area contributed by atoms with Crippen molar-refractivity contribution in [3.8, 4) is 101 Å². The Hall–Kier alpha value is -14.8. The Morgan fingerprint density at radius 1 is 0.210 bits per heavy atom. The van der Waals surface area contributed by atoms with Crippen LogP contribution in [0.25, 0.3) is 144 Å². The van der Waals surface area contributed by atoms with E-state index < -0.39 is 18.0 Å². The van der Waals surface area contributed by atoms with Crippen LogP contribution in [-0.4, -0.2) is 24.9 Å². The van der Waals surface area contributed by atoms with Crippen molar-refractivity contribution in [1.82, 2.24) is 24.9 Å². The molecule has 2 spiro atoms. The summed E-state index contributed by atoms with van der Waals surface area (Å²) in [5, 5.41) is 9.36. The molecule has 4 aliphatic rings. The lowest BCUT2D eigenvalue weighted by atomic mass is 9.67. The van der Waals surface area contributed by atoms with E-state index in [2.05, 4.69) is 338 Å². The maximum Gasteiger partial charge on any atom is 0.171 e. The Morgan fingerprint density at radius 3 is 0.935 bits per heavy atom. The fourth-order valence-corrected chi connectivity index (χ4v) is 25.2. The quantitative estimate of drug-likeness (QED) is 0.0990. The number of hydrogen-bond donors (Lipinski definition) is 0. The summed E-state index contributed by atoms with van der Waals surface area (Å²) in [4.78, 5) is 30.2. The Labute approximate surface area is 726 Å². The molecule has 0 unspecified atom stereocenters. The van der Waals surface area contributed by atoms with Gasteiger partial charge in [-0.3, -0.25) is 9.97 Å². The topological polar surface area (TPSA) is 81.5 Å². The molecule has 2 aliphatic heterocycles. The molecule has 16 aromatic carbocycles. The van der Waals surface area contributed by atoms with E-state index in [-0.39, 0.29) is 0 Å². The van der Waals surface area contributed by atoms with Gasteiger partial charge in [-0.2, -0.15) is 0 Å². The first-order chi connectivity index (χ1) is 61.3. The number of nitrogens with zero attached hydrogens (tertiary/aromatic N) is 5. The van der Waals surface area contributed by atoms with Crippen molar-refractivity contribution in [2.24, 2.45) is 0 Å². The lowest BCUT2D eigenvalue weighted by Crippen LogP contribution is -2.32. The number of pyridine rings is 5. The minimum absolute atomic E-state index is 0.478. The van der Waals surface area contributed by atoms with Gasteiger partial charge in [0.1, 0.15) is 0 Å². The number of fused-ring (bicyclic) bond motifs is 24. The summed E-state index contributed by atoms with van der Waals surface area (Å²) >= 11 is 3.74. The Bertz CT molecular complexity index is 7740. The molecule has 0 saturated carbocycles. The van der Waals surface area contributed by atoms with E-state index in [0.717, 1.165) is 127 Å². The van der Waals surface area contributed by atoms with Crippen LogP contribution in [0.4, 0.5) is 0 Å². The van der Waals surface area contributed by atoms with Crippen LogP contribution in [0, 0.1) is 0 Å². The number of hydrogen-bond acceptors (Lipinski definition) is 8. The molecule has 21 aromatic rings. The zero-order valence-electron chi connectivity index (χ0n) is 67.0. The van der Waals surface area contributed by atoms with E-state index in [1.807, 2.05) is 121 Å². The molecule has 0 radical (unpaired) electrons. The standard InChI is InChI=1S/C59H36N4S.C56H36NOPS/c1-2-14-39(15-3-1)58-46-36-57-50(59(49-20-8-9-23-56(49)64-57)47-18-6-4-16-42(47)43-17-5-7-19-48(43)59)35-44(46)45-32-40(28-29-51(45)63-58)37-24-26-38(27-25-37)41-33-54(52-21-10-12-30-60-52)62-55(34-41)53-22-11-13-31-61-53;58-59(40-18-6-2-7-19-40,41-20-8-3-9-21-41)42-31-28-37(29-32-42)39-30-33-52-46(34-39)45-35-51-54(36-47(45)55(57-52)38-16-4-1-5-17-38)60-53-27-15-14-26-50(53)56(51)48-24-12-10-22-43(48)44-23-11-13-25-49(44)56/h1-36H;1-36H. The van der Waals surface area contributed by atoms with Gasteiger partial charge in [0, 0.05) is 80.6 Å². The highest BCUT2D eigenvalue weighted by Gasteiger charge is 2.52. The molecule has 0 amide bonds. The van der Waals surface area contributed by atoms with Crippen molar-refractivity contribution in [2.75, 3.05) is 0 Å². The summed E-state index contributed by atoms with van der Waals surface area (Å²) in [5.74, 6) is 0. The van der Waals surface area contributed by atoms with Gasteiger partial charge in [0.2, 0.25) is 0 Å². The Morgan fingerprint density at radius 2 is 0.540 bits per heavy atom. The maximum absolute atomic E-state index is 15.2. The third kappa shape index (κ3) is 11.6. The van der Waals surface area contributed by atoms with E-state index in [4.69, 9.17) is 15.0 Å². The second kappa shape index (κ2) is 29.6. The summed E-state index contributed by atoms with van der Waals surface area (Å²) in [7, 11) is -3.10. The van der Waals surface area contributed by atoms with Crippen LogP contribution in [0.15, 0.2) is 457 Å². The fourth-order valence-electron chi connectivity index (χ4n) is 20.1. The maximum atomic E-state index is 15.2. The van der Waals surface area contributed by atoms with Crippen LogP contribution in [0.3, 0.4) is 0 Å². The van der Waals surface area contributed by atoms with Crippen LogP contribution in [0.2, 0.25) is 0 Å². The Balaban J connectivity index is 0.000000140. The highest BCUT2D eigenvalue weighted by molar-refractivity contribution is 7.99. The van der Waals surface area contributed by atoms with E-state index >= 15 is 4.57 Å². The first kappa shape index (κ1) is 73.2. The van der Waals surface area contributed by atoms with Gasteiger partial charge in [0.15, 0.2) is 7.14 Å². The second-order valence-electron chi connectivity index (χ2n) is 32.2. The monoisotopic (exact) mass is 1630 g/mol. The minimum atomic E-state index is -3.10.